The van der Waals surface area contributed by atoms with Gasteiger partial charge in [-0.1, -0.05) is 140 Å². The maximum absolute atomic E-state index is 12.4. The molecule has 0 unspecified atom stereocenters. The van der Waals surface area contributed by atoms with Crippen LogP contribution in [0, 0.1) is 0 Å². The number of hydrogen-bond donors (Lipinski definition) is 2. The van der Waals surface area contributed by atoms with Gasteiger partial charge < -0.3 is 19.7 Å². The SMILES string of the molecule is O=C(O)COc1ccc2cc(-c3cccc4c3sc3ccccc34)ccc2c1-c1c(OCC(=O)O)c(-c2ccccc2-c2cccc3c2sc2ccccc23)cc2ccccc12. The summed E-state index contributed by atoms with van der Waals surface area (Å²) < 4.78 is 17.4. The molecule has 2 N–H and O–H groups in total. The van der Waals surface area contributed by atoms with Crippen LogP contribution in [-0.2, 0) is 9.59 Å². The minimum atomic E-state index is -1.13. The van der Waals surface area contributed by atoms with Gasteiger partial charge in [0, 0.05) is 62.6 Å². The average molecular weight is 843 g/mol. The predicted molar refractivity (Wildman–Crippen MR) is 255 cm³/mol. The van der Waals surface area contributed by atoms with Crippen LogP contribution >= 0.6 is 22.7 Å². The fraction of sp³-hybridized carbons (Fsp3) is 0.0370. The third kappa shape index (κ3) is 6.31. The van der Waals surface area contributed by atoms with E-state index in [2.05, 4.69) is 121 Å². The second-order valence-electron chi connectivity index (χ2n) is 15.2. The molecule has 2 aromatic heterocycles. The molecule has 0 aliphatic carbocycles. The van der Waals surface area contributed by atoms with Crippen LogP contribution in [0.3, 0.4) is 0 Å². The molecule has 0 aliphatic rings. The maximum Gasteiger partial charge on any atom is 0.341 e. The summed E-state index contributed by atoms with van der Waals surface area (Å²) >= 11 is 3.52. The molecule has 9 aromatic carbocycles. The van der Waals surface area contributed by atoms with Crippen molar-refractivity contribution in [1.82, 2.24) is 0 Å². The summed E-state index contributed by atoms with van der Waals surface area (Å²) in [6.45, 7) is -1.18. The first-order valence-electron chi connectivity index (χ1n) is 20.1. The number of thiophene rings is 2. The maximum atomic E-state index is 12.4. The minimum absolute atomic E-state index is 0.338. The molecule has 11 rings (SSSR count). The second-order valence-corrected chi connectivity index (χ2v) is 17.3. The van der Waals surface area contributed by atoms with Gasteiger partial charge in [0.1, 0.15) is 11.5 Å². The molecule has 6 nitrogen and oxygen atoms in total. The van der Waals surface area contributed by atoms with E-state index in [0.29, 0.717) is 28.2 Å². The van der Waals surface area contributed by atoms with E-state index in [-0.39, 0.29) is 0 Å². The number of carbonyl (C=O) groups is 2. The molecule has 0 bridgehead atoms. The quantitative estimate of drug-likeness (QED) is 0.142. The zero-order valence-corrected chi connectivity index (χ0v) is 34.6. The van der Waals surface area contributed by atoms with Crippen LogP contribution in [0.15, 0.2) is 170 Å². The third-order valence-corrected chi connectivity index (χ3v) is 14.0. The molecule has 298 valence electrons. The molecule has 0 amide bonds. The molecule has 0 saturated heterocycles. The standard InChI is InChI=1S/C54H34O6S2/c55-48(56)29-59-45-26-24-32-27-33(36-17-9-19-42-39-15-5-7-21-46(39)61-53(36)42)23-25-35(32)50(45)51-34-12-2-1-11-31(34)28-44(52(51)60-30-49(57)58)38-14-4-3-13-37(38)41-18-10-20-43-40-16-6-8-22-47(40)62-54(41)43/h1-28H,29-30H2,(H,55,56)(H,57,58). The normalized spacial score (nSPS) is 11.6. The van der Waals surface area contributed by atoms with E-state index in [9.17, 15) is 19.8 Å². The van der Waals surface area contributed by atoms with Gasteiger partial charge in [-0.05, 0) is 74.1 Å². The lowest BCUT2D eigenvalue weighted by molar-refractivity contribution is -0.140. The van der Waals surface area contributed by atoms with Crippen LogP contribution in [0.5, 0.6) is 11.5 Å². The Morgan fingerprint density at radius 1 is 0.419 bits per heavy atom. The highest BCUT2D eigenvalue weighted by Crippen LogP contribution is 2.52. The highest BCUT2D eigenvalue weighted by atomic mass is 32.1. The van der Waals surface area contributed by atoms with Crippen LogP contribution in [0.2, 0.25) is 0 Å². The average Bonchev–Trinajstić information content (AvgIpc) is 3.88. The van der Waals surface area contributed by atoms with Gasteiger partial charge in [-0.15, -0.1) is 22.7 Å². The first-order chi connectivity index (χ1) is 30.4. The first kappa shape index (κ1) is 37.5. The van der Waals surface area contributed by atoms with Gasteiger partial charge in [0.15, 0.2) is 13.2 Å². The van der Waals surface area contributed by atoms with Crippen molar-refractivity contribution in [2.24, 2.45) is 0 Å². The Morgan fingerprint density at radius 2 is 0.935 bits per heavy atom. The van der Waals surface area contributed by atoms with Crippen molar-refractivity contribution >= 4 is 96.5 Å². The fourth-order valence-corrected chi connectivity index (χ4v) is 11.4. The lowest BCUT2D eigenvalue weighted by Gasteiger charge is -2.23. The van der Waals surface area contributed by atoms with Crippen molar-refractivity contribution in [3.05, 3.63) is 170 Å². The van der Waals surface area contributed by atoms with Crippen LogP contribution in [0.25, 0.3) is 106 Å². The Labute approximate surface area is 363 Å². The smallest absolute Gasteiger partial charge is 0.341 e. The second kappa shape index (κ2) is 15.2. The number of benzene rings is 9. The van der Waals surface area contributed by atoms with Crippen LogP contribution < -0.4 is 9.47 Å². The van der Waals surface area contributed by atoms with Crippen LogP contribution in [0.1, 0.15) is 0 Å². The van der Waals surface area contributed by atoms with Gasteiger partial charge in [0.05, 0.1) is 0 Å². The third-order valence-electron chi connectivity index (χ3n) is 11.6. The van der Waals surface area contributed by atoms with E-state index in [1.165, 1.54) is 35.6 Å². The molecule has 8 heteroatoms. The molecule has 0 radical (unpaired) electrons. The molecule has 11 aromatic rings. The molecule has 2 heterocycles. The summed E-state index contributed by atoms with van der Waals surface area (Å²) in [6.07, 6.45) is 0. The molecular formula is C54H34O6S2. The van der Waals surface area contributed by atoms with Gasteiger partial charge in [0.2, 0.25) is 0 Å². The monoisotopic (exact) mass is 842 g/mol. The molecule has 0 atom stereocenters. The first-order valence-corrected chi connectivity index (χ1v) is 21.8. The lowest BCUT2D eigenvalue weighted by Crippen LogP contribution is -2.12. The number of carboxylic acid groups (broad SMARTS) is 2. The summed E-state index contributed by atoms with van der Waals surface area (Å²) in [6, 6.07) is 57.9. The summed E-state index contributed by atoms with van der Waals surface area (Å²) in [5, 5.41) is 28.2. The largest absolute Gasteiger partial charge is 0.481 e. The van der Waals surface area contributed by atoms with Crippen molar-refractivity contribution in [2.45, 2.75) is 0 Å². The zero-order chi connectivity index (χ0) is 41.9. The minimum Gasteiger partial charge on any atom is -0.481 e. The number of ether oxygens (including phenoxy) is 2. The van der Waals surface area contributed by atoms with Gasteiger partial charge in [-0.25, -0.2) is 9.59 Å². The van der Waals surface area contributed by atoms with Gasteiger partial charge in [-0.3, -0.25) is 0 Å². The lowest BCUT2D eigenvalue weighted by atomic mass is 9.86. The molecule has 62 heavy (non-hydrogen) atoms. The van der Waals surface area contributed by atoms with Crippen molar-refractivity contribution in [3.63, 3.8) is 0 Å². The highest BCUT2D eigenvalue weighted by molar-refractivity contribution is 7.26. The topological polar surface area (TPSA) is 93.1 Å². The number of hydrogen-bond acceptors (Lipinski definition) is 6. The molecule has 0 aliphatic heterocycles. The fourth-order valence-electron chi connectivity index (χ4n) is 8.94. The van der Waals surface area contributed by atoms with Gasteiger partial charge in [-0.2, -0.15) is 0 Å². The van der Waals surface area contributed by atoms with Crippen LogP contribution in [-0.4, -0.2) is 35.4 Å². The summed E-state index contributed by atoms with van der Waals surface area (Å²) in [5.41, 5.74) is 6.94. The van der Waals surface area contributed by atoms with E-state index in [1.807, 2.05) is 48.5 Å². The number of aliphatic carboxylic acids is 2. The van der Waals surface area contributed by atoms with Crippen LogP contribution in [0.4, 0.5) is 0 Å². The predicted octanol–water partition coefficient (Wildman–Crippen LogP) is 14.3. The zero-order valence-electron chi connectivity index (χ0n) is 32.9. The van der Waals surface area contributed by atoms with E-state index in [0.717, 1.165) is 54.1 Å². The van der Waals surface area contributed by atoms with Crippen molar-refractivity contribution < 1.29 is 29.3 Å². The Bertz CT molecular complexity index is 3620. The molecule has 0 saturated carbocycles. The van der Waals surface area contributed by atoms with Crippen molar-refractivity contribution in [1.29, 1.82) is 0 Å². The molecule has 0 spiro atoms. The Morgan fingerprint density at radius 3 is 1.63 bits per heavy atom. The molecular weight excluding hydrogens is 809 g/mol. The Kier molecular flexibility index (Phi) is 9.18. The van der Waals surface area contributed by atoms with E-state index < -0.39 is 25.2 Å². The van der Waals surface area contributed by atoms with E-state index >= 15 is 0 Å². The van der Waals surface area contributed by atoms with Crippen molar-refractivity contribution in [2.75, 3.05) is 13.2 Å². The number of rotatable bonds is 10. The highest BCUT2D eigenvalue weighted by Gasteiger charge is 2.26. The Balaban J connectivity index is 1.19. The number of fused-ring (bicyclic) bond motifs is 8. The summed E-state index contributed by atoms with van der Waals surface area (Å²) in [4.78, 5) is 24.5. The van der Waals surface area contributed by atoms with Gasteiger partial charge >= 0.3 is 11.9 Å². The molecule has 0 fully saturated rings. The van der Waals surface area contributed by atoms with E-state index in [4.69, 9.17) is 9.47 Å². The Hall–Kier alpha value is -7.52. The van der Waals surface area contributed by atoms with Crippen molar-refractivity contribution in [3.8, 4) is 56.0 Å². The van der Waals surface area contributed by atoms with E-state index in [1.54, 1.807) is 22.7 Å². The summed E-state index contributed by atoms with van der Waals surface area (Å²) in [7, 11) is 0. The number of carboxylic acids is 2. The van der Waals surface area contributed by atoms with Gasteiger partial charge in [0.25, 0.3) is 0 Å². The summed E-state index contributed by atoms with van der Waals surface area (Å²) in [5.74, 6) is -1.55.